The molecule has 2 amide bonds. The van der Waals surface area contributed by atoms with Crippen molar-refractivity contribution in [2.45, 2.75) is 58.7 Å². The molecule has 3 aromatic carbocycles. The molecular weight excluding hydrogens is 420 g/mol. The molecule has 0 aliphatic heterocycles. The number of carbonyl (C=O) groups excluding carboxylic acids is 2. The van der Waals surface area contributed by atoms with E-state index in [-0.39, 0.29) is 17.9 Å². The second kappa shape index (κ2) is 11.1. The molecule has 0 unspecified atom stereocenters. The Kier molecular flexibility index (Phi) is 8.29. The molecule has 0 saturated carbocycles. The molecule has 3 rings (SSSR count). The summed E-state index contributed by atoms with van der Waals surface area (Å²) in [7, 11) is 0. The van der Waals surface area contributed by atoms with Gasteiger partial charge in [0.25, 0.3) is 0 Å². The van der Waals surface area contributed by atoms with Crippen molar-refractivity contribution in [3.8, 4) is 0 Å². The topological polar surface area (TPSA) is 49.4 Å². The third-order valence-electron chi connectivity index (χ3n) is 5.57. The standard InChI is InChI=1S/C27H31ClN2O2/c1-4-25(27(32)29-19(2)3)30(18-20-12-15-23(28)16-13-20)26(31)17-14-22-10-7-9-21-8-5-6-11-24(21)22/h5-13,15-16,19,25H,4,14,17-18H2,1-3H3,(H,29,32)/t25-/m0/s1. The molecule has 32 heavy (non-hydrogen) atoms. The Labute approximate surface area is 195 Å². The van der Waals surface area contributed by atoms with Crippen molar-refractivity contribution in [1.82, 2.24) is 10.2 Å². The fraction of sp³-hybridized carbons (Fsp3) is 0.333. The number of hydrogen-bond acceptors (Lipinski definition) is 2. The van der Waals surface area contributed by atoms with Crippen LogP contribution in [0.25, 0.3) is 10.8 Å². The first-order chi connectivity index (χ1) is 15.4. The van der Waals surface area contributed by atoms with E-state index in [2.05, 4.69) is 29.6 Å². The first kappa shape index (κ1) is 23.8. The van der Waals surface area contributed by atoms with Gasteiger partial charge in [-0.15, -0.1) is 0 Å². The predicted octanol–water partition coefficient (Wildman–Crippen LogP) is 5.76. The van der Waals surface area contributed by atoms with Crippen LogP contribution in [-0.4, -0.2) is 28.8 Å². The van der Waals surface area contributed by atoms with E-state index in [0.29, 0.717) is 30.8 Å². The molecule has 0 bridgehead atoms. The molecule has 3 aromatic rings. The van der Waals surface area contributed by atoms with Crippen LogP contribution >= 0.6 is 11.6 Å². The monoisotopic (exact) mass is 450 g/mol. The number of nitrogens with zero attached hydrogens (tertiary/aromatic N) is 1. The van der Waals surface area contributed by atoms with E-state index in [1.165, 1.54) is 5.39 Å². The Morgan fingerprint density at radius 1 is 0.969 bits per heavy atom. The Hall–Kier alpha value is -2.85. The maximum Gasteiger partial charge on any atom is 0.243 e. The van der Waals surface area contributed by atoms with Crippen LogP contribution in [0.3, 0.4) is 0 Å². The molecule has 0 aliphatic carbocycles. The molecule has 0 aromatic heterocycles. The van der Waals surface area contributed by atoms with Crippen molar-refractivity contribution in [2.24, 2.45) is 0 Å². The van der Waals surface area contributed by atoms with Gasteiger partial charge in [-0.1, -0.05) is 73.1 Å². The van der Waals surface area contributed by atoms with Gasteiger partial charge in [-0.2, -0.15) is 0 Å². The molecule has 168 valence electrons. The Bertz CT molecular complexity index is 1060. The van der Waals surface area contributed by atoms with Crippen LogP contribution in [0.2, 0.25) is 5.02 Å². The molecule has 4 nitrogen and oxygen atoms in total. The summed E-state index contributed by atoms with van der Waals surface area (Å²) in [6, 6.07) is 21.3. The summed E-state index contributed by atoms with van der Waals surface area (Å²) < 4.78 is 0. The number of aryl methyl sites for hydroxylation is 1. The highest BCUT2D eigenvalue weighted by Crippen LogP contribution is 2.21. The number of halogens is 1. The Balaban J connectivity index is 1.82. The first-order valence-corrected chi connectivity index (χ1v) is 11.6. The zero-order valence-corrected chi connectivity index (χ0v) is 19.7. The van der Waals surface area contributed by atoms with Gasteiger partial charge in [0, 0.05) is 24.0 Å². The van der Waals surface area contributed by atoms with Crippen molar-refractivity contribution in [2.75, 3.05) is 0 Å². The van der Waals surface area contributed by atoms with Crippen molar-refractivity contribution in [3.05, 3.63) is 82.9 Å². The van der Waals surface area contributed by atoms with E-state index in [0.717, 1.165) is 16.5 Å². The van der Waals surface area contributed by atoms with Crippen LogP contribution in [-0.2, 0) is 22.6 Å². The zero-order chi connectivity index (χ0) is 23.1. The van der Waals surface area contributed by atoms with Gasteiger partial charge in [0.2, 0.25) is 11.8 Å². The minimum Gasteiger partial charge on any atom is -0.352 e. The summed E-state index contributed by atoms with van der Waals surface area (Å²) in [5.74, 6) is -0.145. The van der Waals surface area contributed by atoms with Gasteiger partial charge in [-0.25, -0.2) is 0 Å². The number of fused-ring (bicyclic) bond motifs is 1. The molecule has 0 saturated heterocycles. The highest BCUT2D eigenvalue weighted by molar-refractivity contribution is 6.30. The fourth-order valence-electron chi connectivity index (χ4n) is 3.98. The number of nitrogens with one attached hydrogen (secondary N) is 1. The summed E-state index contributed by atoms with van der Waals surface area (Å²) in [6.45, 7) is 6.17. The van der Waals surface area contributed by atoms with E-state index < -0.39 is 6.04 Å². The Morgan fingerprint density at radius 3 is 2.34 bits per heavy atom. The van der Waals surface area contributed by atoms with Gasteiger partial charge in [0.05, 0.1) is 0 Å². The summed E-state index contributed by atoms with van der Waals surface area (Å²) in [4.78, 5) is 28.0. The van der Waals surface area contributed by atoms with Crippen LogP contribution in [0.5, 0.6) is 0 Å². The van der Waals surface area contributed by atoms with Crippen LogP contribution in [0.15, 0.2) is 66.7 Å². The molecule has 0 heterocycles. The number of benzene rings is 3. The van der Waals surface area contributed by atoms with Crippen molar-refractivity contribution in [1.29, 1.82) is 0 Å². The van der Waals surface area contributed by atoms with E-state index in [1.54, 1.807) is 4.90 Å². The lowest BCUT2D eigenvalue weighted by atomic mass is 10.00. The quantitative estimate of drug-likeness (QED) is 0.450. The van der Waals surface area contributed by atoms with E-state index in [4.69, 9.17) is 11.6 Å². The van der Waals surface area contributed by atoms with Crippen LogP contribution in [0.1, 0.15) is 44.7 Å². The zero-order valence-electron chi connectivity index (χ0n) is 19.0. The molecule has 1 N–H and O–H groups in total. The van der Waals surface area contributed by atoms with E-state index in [9.17, 15) is 9.59 Å². The lowest BCUT2D eigenvalue weighted by molar-refractivity contribution is -0.141. The normalized spacial score (nSPS) is 12.0. The van der Waals surface area contributed by atoms with Gasteiger partial charge < -0.3 is 10.2 Å². The smallest absolute Gasteiger partial charge is 0.243 e. The summed E-state index contributed by atoms with van der Waals surface area (Å²) in [6.07, 6.45) is 1.51. The lowest BCUT2D eigenvalue weighted by Crippen LogP contribution is -2.50. The van der Waals surface area contributed by atoms with Gasteiger partial charge in [0.15, 0.2) is 0 Å². The van der Waals surface area contributed by atoms with E-state index in [1.807, 2.05) is 63.2 Å². The molecule has 0 aliphatic rings. The molecule has 0 radical (unpaired) electrons. The maximum atomic E-state index is 13.4. The maximum absolute atomic E-state index is 13.4. The van der Waals surface area contributed by atoms with Crippen molar-refractivity contribution < 1.29 is 9.59 Å². The molecule has 1 atom stereocenters. The summed E-state index contributed by atoms with van der Waals surface area (Å²) in [5.41, 5.74) is 2.09. The van der Waals surface area contributed by atoms with Crippen LogP contribution < -0.4 is 5.32 Å². The van der Waals surface area contributed by atoms with Gasteiger partial charge in [-0.05, 0) is 60.7 Å². The minimum absolute atomic E-state index is 0.0136. The fourth-order valence-corrected chi connectivity index (χ4v) is 4.11. The van der Waals surface area contributed by atoms with Crippen LogP contribution in [0.4, 0.5) is 0 Å². The van der Waals surface area contributed by atoms with Gasteiger partial charge in [-0.3, -0.25) is 9.59 Å². The Morgan fingerprint density at radius 2 is 1.66 bits per heavy atom. The SMILES string of the molecule is CC[C@@H](C(=O)NC(C)C)N(Cc1ccc(Cl)cc1)C(=O)CCc1cccc2ccccc12. The van der Waals surface area contributed by atoms with Crippen molar-refractivity contribution in [3.63, 3.8) is 0 Å². The number of hydrogen-bond donors (Lipinski definition) is 1. The highest BCUT2D eigenvalue weighted by Gasteiger charge is 2.28. The summed E-state index contributed by atoms with van der Waals surface area (Å²) >= 11 is 6.03. The molecular formula is C27H31ClN2O2. The largest absolute Gasteiger partial charge is 0.352 e. The molecule has 0 fully saturated rings. The third kappa shape index (κ3) is 6.10. The number of carbonyl (C=O) groups is 2. The average Bonchev–Trinajstić information content (AvgIpc) is 2.78. The third-order valence-corrected chi connectivity index (χ3v) is 5.82. The molecule has 5 heteroatoms. The number of rotatable bonds is 9. The van der Waals surface area contributed by atoms with Gasteiger partial charge >= 0.3 is 0 Å². The molecule has 0 spiro atoms. The van der Waals surface area contributed by atoms with Crippen molar-refractivity contribution >= 4 is 34.2 Å². The highest BCUT2D eigenvalue weighted by atomic mass is 35.5. The second-order valence-corrected chi connectivity index (χ2v) is 8.81. The predicted molar refractivity (Wildman–Crippen MR) is 132 cm³/mol. The van der Waals surface area contributed by atoms with E-state index >= 15 is 0 Å². The number of amides is 2. The summed E-state index contributed by atoms with van der Waals surface area (Å²) in [5, 5.41) is 5.94. The lowest BCUT2D eigenvalue weighted by Gasteiger charge is -2.31. The minimum atomic E-state index is -0.520. The van der Waals surface area contributed by atoms with Crippen LogP contribution in [0, 0.1) is 0 Å². The second-order valence-electron chi connectivity index (χ2n) is 8.37. The van der Waals surface area contributed by atoms with Gasteiger partial charge in [0.1, 0.15) is 6.04 Å². The first-order valence-electron chi connectivity index (χ1n) is 11.2. The average molecular weight is 451 g/mol.